The second kappa shape index (κ2) is 2.29. The summed E-state index contributed by atoms with van der Waals surface area (Å²) in [5, 5.41) is 6.46. The molecule has 0 aromatic carbocycles. The molecule has 0 heterocycles. The molecular weight excluding hydrogens is 126 g/mol. The highest BCUT2D eigenvalue weighted by atomic mass is 19.3. The molecule has 9 heavy (non-hydrogen) atoms. The van der Waals surface area contributed by atoms with E-state index in [1.807, 2.05) is 0 Å². The molecule has 0 bridgehead atoms. The molecule has 0 atom stereocenters. The van der Waals surface area contributed by atoms with Crippen LogP contribution in [0.2, 0.25) is 0 Å². The van der Waals surface area contributed by atoms with Gasteiger partial charge in [0.2, 0.25) is 0 Å². The van der Waals surface area contributed by atoms with Gasteiger partial charge in [0.05, 0.1) is 0 Å². The zero-order chi connectivity index (χ0) is 7.65. The van der Waals surface area contributed by atoms with Crippen molar-refractivity contribution in [3.63, 3.8) is 0 Å². The third-order valence-electron chi connectivity index (χ3n) is 1.08. The summed E-state index contributed by atoms with van der Waals surface area (Å²) >= 11 is 0. The molecular formula is C5H10F2N2. The first kappa shape index (κ1) is 8.33. The molecule has 0 saturated heterocycles. The van der Waals surface area contributed by atoms with E-state index in [4.69, 9.17) is 5.41 Å². The van der Waals surface area contributed by atoms with Gasteiger partial charge in [-0.3, -0.25) is 5.41 Å². The fourth-order valence-corrected chi connectivity index (χ4v) is 0.311. The smallest absolute Gasteiger partial charge is 0.305 e. The average molecular weight is 136 g/mol. The first-order chi connectivity index (χ1) is 3.89. The van der Waals surface area contributed by atoms with E-state index < -0.39 is 17.7 Å². The Bertz CT molecular complexity index is 120. The SMILES string of the molecule is CC(C)C(F)(F)C(=N)N. The Morgan fingerprint density at radius 1 is 1.56 bits per heavy atom. The maximum atomic E-state index is 12.3. The summed E-state index contributed by atoms with van der Waals surface area (Å²) in [6.45, 7) is 2.64. The lowest BCUT2D eigenvalue weighted by atomic mass is 10.1. The molecule has 0 aromatic rings. The molecule has 0 amide bonds. The van der Waals surface area contributed by atoms with Crippen molar-refractivity contribution in [1.29, 1.82) is 5.41 Å². The molecule has 0 aliphatic rings. The Morgan fingerprint density at radius 3 is 1.89 bits per heavy atom. The lowest BCUT2D eigenvalue weighted by Crippen LogP contribution is -2.39. The summed E-state index contributed by atoms with van der Waals surface area (Å²) in [5.41, 5.74) is 4.60. The highest BCUT2D eigenvalue weighted by Gasteiger charge is 2.36. The van der Waals surface area contributed by atoms with E-state index in [1.54, 1.807) is 0 Å². The summed E-state index contributed by atoms with van der Waals surface area (Å²) in [7, 11) is 0. The average Bonchev–Trinajstić information content (AvgIpc) is 1.65. The molecule has 0 spiro atoms. The van der Waals surface area contributed by atoms with Gasteiger partial charge >= 0.3 is 5.92 Å². The van der Waals surface area contributed by atoms with Crippen molar-refractivity contribution in [3.8, 4) is 0 Å². The molecule has 0 aromatic heterocycles. The number of hydrogen-bond donors (Lipinski definition) is 2. The van der Waals surface area contributed by atoms with Gasteiger partial charge < -0.3 is 5.73 Å². The van der Waals surface area contributed by atoms with Crippen molar-refractivity contribution < 1.29 is 8.78 Å². The van der Waals surface area contributed by atoms with E-state index in [0.29, 0.717) is 0 Å². The molecule has 2 nitrogen and oxygen atoms in total. The number of hydrogen-bond acceptors (Lipinski definition) is 1. The Hall–Kier alpha value is -0.670. The quantitative estimate of drug-likeness (QED) is 0.435. The van der Waals surface area contributed by atoms with Crippen LogP contribution < -0.4 is 5.73 Å². The topological polar surface area (TPSA) is 49.9 Å². The fraction of sp³-hybridized carbons (Fsp3) is 0.800. The Labute approximate surface area is 52.6 Å². The van der Waals surface area contributed by atoms with Crippen molar-refractivity contribution in [1.82, 2.24) is 0 Å². The van der Waals surface area contributed by atoms with E-state index in [2.05, 4.69) is 5.73 Å². The molecule has 0 radical (unpaired) electrons. The van der Waals surface area contributed by atoms with Gasteiger partial charge in [0, 0.05) is 5.92 Å². The van der Waals surface area contributed by atoms with Crippen LogP contribution in [0, 0.1) is 11.3 Å². The van der Waals surface area contributed by atoms with Gasteiger partial charge in [-0.15, -0.1) is 0 Å². The minimum atomic E-state index is -3.14. The van der Waals surface area contributed by atoms with Gasteiger partial charge in [-0.2, -0.15) is 8.78 Å². The number of halogens is 2. The largest absolute Gasteiger partial charge is 0.383 e. The predicted molar refractivity (Wildman–Crippen MR) is 31.7 cm³/mol. The van der Waals surface area contributed by atoms with Crippen LogP contribution >= 0.6 is 0 Å². The van der Waals surface area contributed by atoms with Crippen LogP contribution in [0.5, 0.6) is 0 Å². The molecule has 0 saturated carbocycles. The van der Waals surface area contributed by atoms with Gasteiger partial charge in [0.25, 0.3) is 0 Å². The number of amidine groups is 1. The maximum absolute atomic E-state index is 12.3. The second-order valence-electron chi connectivity index (χ2n) is 2.19. The lowest BCUT2D eigenvalue weighted by Gasteiger charge is -2.17. The first-order valence-corrected chi connectivity index (χ1v) is 2.61. The minimum absolute atomic E-state index is 0.894. The van der Waals surface area contributed by atoms with Crippen molar-refractivity contribution in [2.45, 2.75) is 19.8 Å². The zero-order valence-electron chi connectivity index (χ0n) is 5.41. The van der Waals surface area contributed by atoms with E-state index in [1.165, 1.54) is 13.8 Å². The normalized spacial score (nSPS) is 12.1. The molecule has 3 N–H and O–H groups in total. The number of nitrogens with one attached hydrogen (secondary N) is 1. The highest BCUT2D eigenvalue weighted by Crippen LogP contribution is 2.22. The van der Waals surface area contributed by atoms with Crippen molar-refractivity contribution in [2.24, 2.45) is 11.7 Å². The third-order valence-corrected chi connectivity index (χ3v) is 1.08. The van der Waals surface area contributed by atoms with Gasteiger partial charge in [-0.25, -0.2) is 0 Å². The van der Waals surface area contributed by atoms with Crippen molar-refractivity contribution >= 4 is 5.84 Å². The van der Waals surface area contributed by atoms with E-state index in [9.17, 15) is 8.78 Å². The van der Waals surface area contributed by atoms with Crippen LogP contribution in [-0.2, 0) is 0 Å². The highest BCUT2D eigenvalue weighted by molar-refractivity contribution is 5.84. The molecule has 0 fully saturated rings. The maximum Gasteiger partial charge on any atom is 0.305 e. The summed E-state index contributed by atoms with van der Waals surface area (Å²) in [5.74, 6) is -5.09. The summed E-state index contributed by atoms with van der Waals surface area (Å²) in [4.78, 5) is 0. The molecule has 0 rings (SSSR count). The molecule has 0 unspecified atom stereocenters. The van der Waals surface area contributed by atoms with Gasteiger partial charge in [-0.05, 0) is 0 Å². The minimum Gasteiger partial charge on any atom is -0.383 e. The van der Waals surface area contributed by atoms with Gasteiger partial charge in [0.1, 0.15) is 0 Å². The van der Waals surface area contributed by atoms with E-state index in [0.717, 1.165) is 0 Å². The van der Waals surface area contributed by atoms with Crippen molar-refractivity contribution in [2.75, 3.05) is 0 Å². The summed E-state index contributed by atoms with van der Waals surface area (Å²) in [6.07, 6.45) is 0. The van der Waals surface area contributed by atoms with Crippen LogP contribution in [0.15, 0.2) is 0 Å². The second-order valence-corrected chi connectivity index (χ2v) is 2.19. The Balaban J connectivity index is 4.19. The summed E-state index contributed by atoms with van der Waals surface area (Å²) < 4.78 is 24.6. The van der Waals surface area contributed by atoms with Crippen LogP contribution in [-0.4, -0.2) is 11.8 Å². The predicted octanol–water partition coefficient (Wildman–Crippen LogP) is 1.21. The van der Waals surface area contributed by atoms with E-state index >= 15 is 0 Å². The fourth-order valence-electron chi connectivity index (χ4n) is 0.311. The van der Waals surface area contributed by atoms with E-state index in [-0.39, 0.29) is 0 Å². The van der Waals surface area contributed by atoms with Crippen LogP contribution in [0.4, 0.5) is 8.78 Å². The molecule has 0 aliphatic heterocycles. The van der Waals surface area contributed by atoms with Gasteiger partial charge in [-0.1, -0.05) is 13.8 Å². The lowest BCUT2D eigenvalue weighted by molar-refractivity contribution is 0.0259. The number of rotatable bonds is 2. The van der Waals surface area contributed by atoms with Crippen LogP contribution in [0.25, 0.3) is 0 Å². The van der Waals surface area contributed by atoms with Crippen molar-refractivity contribution in [3.05, 3.63) is 0 Å². The number of nitrogens with two attached hydrogens (primary N) is 1. The Morgan fingerprint density at radius 2 is 1.89 bits per heavy atom. The summed E-state index contributed by atoms with van der Waals surface area (Å²) in [6, 6.07) is 0. The van der Waals surface area contributed by atoms with Gasteiger partial charge in [0.15, 0.2) is 5.84 Å². The standard InChI is InChI=1S/C5H10F2N2/c1-3(2)5(6,7)4(8)9/h3H,1-2H3,(H3,8,9). The van der Waals surface area contributed by atoms with Crippen LogP contribution in [0.1, 0.15) is 13.8 Å². The third kappa shape index (κ3) is 1.62. The zero-order valence-corrected chi connectivity index (χ0v) is 5.41. The molecule has 4 heteroatoms. The molecule has 54 valence electrons. The number of alkyl halides is 2. The monoisotopic (exact) mass is 136 g/mol. The Kier molecular flexibility index (Phi) is 2.12. The molecule has 0 aliphatic carbocycles. The van der Waals surface area contributed by atoms with Crippen LogP contribution in [0.3, 0.4) is 0 Å². The first-order valence-electron chi connectivity index (χ1n) is 2.61.